The molecule has 2 aromatic rings. The van der Waals surface area contributed by atoms with Crippen LogP contribution in [0.5, 0.6) is 11.5 Å². The molecule has 0 aliphatic heterocycles. The van der Waals surface area contributed by atoms with E-state index < -0.39 is 0 Å². The van der Waals surface area contributed by atoms with Crippen molar-refractivity contribution in [2.24, 2.45) is 0 Å². The molecular formula is C18H23NO2. The van der Waals surface area contributed by atoms with Gasteiger partial charge in [-0.15, -0.1) is 0 Å². The van der Waals surface area contributed by atoms with Crippen molar-refractivity contribution < 1.29 is 9.47 Å². The van der Waals surface area contributed by atoms with E-state index >= 15 is 0 Å². The first-order valence-electron chi connectivity index (χ1n) is 7.38. The summed E-state index contributed by atoms with van der Waals surface area (Å²) < 4.78 is 11.3. The molecule has 0 saturated heterocycles. The molecule has 0 fully saturated rings. The predicted octanol–water partition coefficient (Wildman–Crippen LogP) is 3.77. The summed E-state index contributed by atoms with van der Waals surface area (Å²) in [5.74, 6) is 1.69. The largest absolute Gasteiger partial charge is 0.497 e. The van der Waals surface area contributed by atoms with E-state index in [1.165, 1.54) is 0 Å². The molecule has 1 N–H and O–H groups in total. The minimum atomic E-state index is 0.564. The average molecular weight is 285 g/mol. The smallest absolute Gasteiger partial charge is 0.127 e. The maximum absolute atomic E-state index is 5.98. The number of ether oxygens (including phenoxy) is 2. The Bertz CT molecular complexity index is 540. The molecule has 21 heavy (non-hydrogen) atoms. The van der Waals surface area contributed by atoms with E-state index in [-0.39, 0.29) is 0 Å². The minimum absolute atomic E-state index is 0.564. The summed E-state index contributed by atoms with van der Waals surface area (Å²) >= 11 is 0. The molecule has 0 unspecified atom stereocenters. The highest BCUT2D eigenvalue weighted by molar-refractivity contribution is 5.41. The van der Waals surface area contributed by atoms with Crippen molar-refractivity contribution in [3.05, 3.63) is 59.7 Å². The van der Waals surface area contributed by atoms with Crippen molar-refractivity contribution in [3.8, 4) is 11.5 Å². The van der Waals surface area contributed by atoms with E-state index in [1.807, 2.05) is 30.3 Å². The van der Waals surface area contributed by atoms with Crippen LogP contribution in [0.4, 0.5) is 0 Å². The topological polar surface area (TPSA) is 30.5 Å². The van der Waals surface area contributed by atoms with Crippen LogP contribution < -0.4 is 14.8 Å². The Balaban J connectivity index is 2.07. The molecule has 2 aromatic carbocycles. The molecule has 0 saturated carbocycles. The van der Waals surface area contributed by atoms with Gasteiger partial charge in [-0.05, 0) is 24.6 Å². The van der Waals surface area contributed by atoms with E-state index in [0.29, 0.717) is 6.61 Å². The van der Waals surface area contributed by atoms with Crippen molar-refractivity contribution in [1.82, 2.24) is 5.32 Å². The Kier molecular flexibility index (Phi) is 6.10. The molecule has 0 radical (unpaired) electrons. The van der Waals surface area contributed by atoms with Crippen LogP contribution in [0.25, 0.3) is 0 Å². The van der Waals surface area contributed by atoms with Gasteiger partial charge in [0.05, 0.1) is 7.11 Å². The van der Waals surface area contributed by atoms with Crippen LogP contribution in [0.2, 0.25) is 0 Å². The summed E-state index contributed by atoms with van der Waals surface area (Å²) in [6, 6.07) is 16.2. The molecule has 0 bridgehead atoms. The van der Waals surface area contributed by atoms with Gasteiger partial charge in [-0.3, -0.25) is 0 Å². The van der Waals surface area contributed by atoms with Crippen LogP contribution >= 0.6 is 0 Å². The van der Waals surface area contributed by atoms with E-state index in [2.05, 4.69) is 30.4 Å². The van der Waals surface area contributed by atoms with Crippen LogP contribution in [0, 0.1) is 0 Å². The fourth-order valence-corrected chi connectivity index (χ4v) is 2.08. The molecule has 0 aliphatic rings. The Hall–Kier alpha value is -2.00. The monoisotopic (exact) mass is 285 g/mol. The lowest BCUT2D eigenvalue weighted by molar-refractivity contribution is 0.299. The molecule has 0 atom stereocenters. The SMILES string of the molecule is CCCNCc1ccc(OC)cc1OCc1ccccc1. The summed E-state index contributed by atoms with van der Waals surface area (Å²) in [7, 11) is 1.67. The zero-order chi connectivity index (χ0) is 14.9. The second kappa shape index (κ2) is 8.32. The molecule has 0 heterocycles. The van der Waals surface area contributed by atoms with Gasteiger partial charge < -0.3 is 14.8 Å². The van der Waals surface area contributed by atoms with Gasteiger partial charge >= 0.3 is 0 Å². The van der Waals surface area contributed by atoms with Gasteiger partial charge in [-0.25, -0.2) is 0 Å². The zero-order valence-corrected chi connectivity index (χ0v) is 12.8. The highest BCUT2D eigenvalue weighted by Gasteiger charge is 2.06. The summed E-state index contributed by atoms with van der Waals surface area (Å²) in [5, 5.41) is 3.41. The summed E-state index contributed by atoms with van der Waals surface area (Å²) in [5.41, 5.74) is 2.31. The number of rotatable bonds is 8. The lowest BCUT2D eigenvalue weighted by atomic mass is 10.2. The molecule has 3 heteroatoms. The van der Waals surface area contributed by atoms with Gasteiger partial charge in [0.15, 0.2) is 0 Å². The molecular weight excluding hydrogens is 262 g/mol. The molecule has 0 spiro atoms. The third kappa shape index (κ3) is 4.80. The number of methoxy groups -OCH3 is 1. The van der Waals surface area contributed by atoms with Crippen molar-refractivity contribution >= 4 is 0 Å². The molecule has 0 aromatic heterocycles. The summed E-state index contributed by atoms with van der Waals surface area (Å²) in [6.45, 7) is 4.54. The molecule has 0 aliphatic carbocycles. The van der Waals surface area contributed by atoms with E-state index in [4.69, 9.17) is 9.47 Å². The maximum Gasteiger partial charge on any atom is 0.127 e. The standard InChI is InChI=1S/C18H23NO2/c1-3-11-19-13-16-9-10-17(20-2)12-18(16)21-14-15-7-5-4-6-8-15/h4-10,12,19H,3,11,13-14H2,1-2H3. The lowest BCUT2D eigenvalue weighted by Crippen LogP contribution is -2.14. The van der Waals surface area contributed by atoms with Crippen LogP contribution in [0.3, 0.4) is 0 Å². The van der Waals surface area contributed by atoms with Crippen LogP contribution in [0.1, 0.15) is 24.5 Å². The van der Waals surface area contributed by atoms with Gasteiger partial charge in [0, 0.05) is 18.2 Å². The second-order valence-electron chi connectivity index (χ2n) is 4.92. The first kappa shape index (κ1) is 15.4. The molecule has 112 valence electrons. The van der Waals surface area contributed by atoms with Crippen molar-refractivity contribution in [2.75, 3.05) is 13.7 Å². The van der Waals surface area contributed by atoms with Gasteiger partial charge in [-0.2, -0.15) is 0 Å². The van der Waals surface area contributed by atoms with Gasteiger partial charge in [0.1, 0.15) is 18.1 Å². The van der Waals surface area contributed by atoms with Gasteiger partial charge in [-0.1, -0.05) is 43.3 Å². The maximum atomic E-state index is 5.98. The molecule has 0 amide bonds. The highest BCUT2D eigenvalue weighted by atomic mass is 16.5. The van der Waals surface area contributed by atoms with Gasteiger partial charge in [0.25, 0.3) is 0 Å². The zero-order valence-electron chi connectivity index (χ0n) is 12.8. The minimum Gasteiger partial charge on any atom is -0.497 e. The normalized spacial score (nSPS) is 10.4. The fourth-order valence-electron chi connectivity index (χ4n) is 2.08. The Labute approximate surface area is 126 Å². The van der Waals surface area contributed by atoms with E-state index in [1.54, 1.807) is 7.11 Å². The summed E-state index contributed by atoms with van der Waals surface area (Å²) in [6.07, 6.45) is 1.12. The van der Waals surface area contributed by atoms with E-state index in [0.717, 1.165) is 42.1 Å². The molecule has 2 rings (SSSR count). The third-order valence-electron chi connectivity index (χ3n) is 3.25. The number of benzene rings is 2. The van der Waals surface area contributed by atoms with Crippen molar-refractivity contribution in [2.45, 2.75) is 26.5 Å². The Morgan fingerprint density at radius 1 is 1.05 bits per heavy atom. The van der Waals surface area contributed by atoms with Crippen molar-refractivity contribution in [3.63, 3.8) is 0 Å². The summed E-state index contributed by atoms with van der Waals surface area (Å²) in [4.78, 5) is 0. The lowest BCUT2D eigenvalue weighted by Gasteiger charge is -2.13. The number of nitrogens with one attached hydrogen (secondary N) is 1. The average Bonchev–Trinajstić information content (AvgIpc) is 2.55. The number of hydrogen-bond donors (Lipinski definition) is 1. The second-order valence-corrected chi connectivity index (χ2v) is 4.92. The predicted molar refractivity (Wildman–Crippen MR) is 85.8 cm³/mol. The quantitative estimate of drug-likeness (QED) is 0.749. The van der Waals surface area contributed by atoms with E-state index in [9.17, 15) is 0 Å². The first-order chi connectivity index (χ1) is 10.3. The third-order valence-corrected chi connectivity index (χ3v) is 3.25. The Morgan fingerprint density at radius 2 is 1.86 bits per heavy atom. The van der Waals surface area contributed by atoms with Crippen molar-refractivity contribution in [1.29, 1.82) is 0 Å². The van der Waals surface area contributed by atoms with Crippen LogP contribution in [-0.4, -0.2) is 13.7 Å². The fraction of sp³-hybridized carbons (Fsp3) is 0.333. The van der Waals surface area contributed by atoms with Gasteiger partial charge in [0.2, 0.25) is 0 Å². The highest BCUT2D eigenvalue weighted by Crippen LogP contribution is 2.25. The van der Waals surface area contributed by atoms with Crippen LogP contribution in [-0.2, 0) is 13.2 Å². The van der Waals surface area contributed by atoms with Crippen LogP contribution in [0.15, 0.2) is 48.5 Å². The first-order valence-corrected chi connectivity index (χ1v) is 7.38. The Morgan fingerprint density at radius 3 is 2.57 bits per heavy atom. The molecule has 3 nitrogen and oxygen atoms in total. The number of hydrogen-bond acceptors (Lipinski definition) is 3.